The molecule has 1 rings (SSSR count). The molecule has 16 heavy (non-hydrogen) atoms. The van der Waals surface area contributed by atoms with Crippen LogP contribution in [0.25, 0.3) is 0 Å². The summed E-state index contributed by atoms with van der Waals surface area (Å²) in [6.45, 7) is 3.62. The van der Waals surface area contributed by atoms with E-state index in [1.54, 1.807) is 0 Å². The van der Waals surface area contributed by atoms with Crippen molar-refractivity contribution in [3.63, 3.8) is 0 Å². The van der Waals surface area contributed by atoms with Gasteiger partial charge in [0.05, 0.1) is 12.5 Å². The highest BCUT2D eigenvalue weighted by Crippen LogP contribution is 2.25. The molecule has 2 unspecified atom stereocenters. The summed E-state index contributed by atoms with van der Waals surface area (Å²) in [6, 6.07) is 0. The van der Waals surface area contributed by atoms with Crippen molar-refractivity contribution < 1.29 is 19.4 Å². The second kappa shape index (κ2) is 6.48. The minimum Gasteiger partial charge on any atom is -0.481 e. The molecule has 0 aromatic heterocycles. The van der Waals surface area contributed by atoms with Gasteiger partial charge in [-0.05, 0) is 18.8 Å². The van der Waals surface area contributed by atoms with Gasteiger partial charge in [-0.3, -0.25) is 9.59 Å². The van der Waals surface area contributed by atoms with E-state index in [1.807, 2.05) is 6.92 Å². The number of carboxylic acids is 1. The van der Waals surface area contributed by atoms with Crippen molar-refractivity contribution in [2.75, 3.05) is 19.8 Å². The summed E-state index contributed by atoms with van der Waals surface area (Å²) in [6.07, 6.45) is 1.65. The lowest BCUT2D eigenvalue weighted by atomic mass is 9.88. The Morgan fingerprint density at radius 1 is 1.56 bits per heavy atom. The van der Waals surface area contributed by atoms with Gasteiger partial charge in [0, 0.05) is 19.6 Å². The molecule has 92 valence electrons. The van der Waals surface area contributed by atoms with E-state index < -0.39 is 11.9 Å². The van der Waals surface area contributed by atoms with Gasteiger partial charge in [0.2, 0.25) is 5.91 Å². The highest BCUT2D eigenvalue weighted by molar-refractivity contribution is 5.82. The molecule has 0 aromatic carbocycles. The quantitative estimate of drug-likeness (QED) is 0.701. The Kier molecular flexibility index (Phi) is 5.25. The van der Waals surface area contributed by atoms with E-state index in [-0.39, 0.29) is 18.2 Å². The maximum Gasteiger partial charge on any atom is 0.307 e. The van der Waals surface area contributed by atoms with E-state index in [9.17, 15) is 9.59 Å². The number of aliphatic carboxylic acids is 1. The van der Waals surface area contributed by atoms with Crippen molar-refractivity contribution in [1.82, 2.24) is 5.32 Å². The number of carbonyl (C=O) groups is 2. The van der Waals surface area contributed by atoms with Crippen LogP contribution >= 0.6 is 0 Å². The zero-order chi connectivity index (χ0) is 12.0. The molecule has 0 saturated carbocycles. The number of hydrogen-bond donors (Lipinski definition) is 2. The van der Waals surface area contributed by atoms with Crippen LogP contribution in [-0.2, 0) is 14.3 Å². The highest BCUT2D eigenvalue weighted by atomic mass is 16.5. The summed E-state index contributed by atoms with van der Waals surface area (Å²) in [7, 11) is 0. The second-order valence-corrected chi connectivity index (χ2v) is 4.12. The standard InChI is InChI=1S/C11H19NO4/c1-2-4-12-10(13)6-9(11(14)15)8-3-5-16-7-8/h8-9H,2-7H2,1H3,(H,12,13)(H,14,15). The molecule has 1 saturated heterocycles. The number of hydrogen-bond acceptors (Lipinski definition) is 3. The molecule has 2 N–H and O–H groups in total. The molecule has 5 nitrogen and oxygen atoms in total. The SMILES string of the molecule is CCCNC(=O)CC(C(=O)O)C1CCOC1. The van der Waals surface area contributed by atoms with Gasteiger partial charge in [-0.1, -0.05) is 6.92 Å². The number of nitrogens with one attached hydrogen (secondary N) is 1. The third-order valence-electron chi connectivity index (χ3n) is 2.83. The summed E-state index contributed by atoms with van der Waals surface area (Å²) >= 11 is 0. The predicted molar refractivity (Wildman–Crippen MR) is 58.0 cm³/mol. The van der Waals surface area contributed by atoms with Crippen molar-refractivity contribution in [2.24, 2.45) is 11.8 Å². The van der Waals surface area contributed by atoms with Crippen molar-refractivity contribution in [3.8, 4) is 0 Å². The van der Waals surface area contributed by atoms with Crippen LogP contribution in [0.2, 0.25) is 0 Å². The number of amides is 1. The Morgan fingerprint density at radius 3 is 2.81 bits per heavy atom. The van der Waals surface area contributed by atoms with Crippen LogP contribution in [0.15, 0.2) is 0 Å². The average molecular weight is 229 g/mol. The van der Waals surface area contributed by atoms with Crippen LogP contribution in [0.3, 0.4) is 0 Å². The fraction of sp³-hybridized carbons (Fsp3) is 0.818. The normalized spacial score (nSPS) is 21.7. The lowest BCUT2D eigenvalue weighted by Gasteiger charge is -2.17. The molecule has 0 radical (unpaired) electrons. The fourth-order valence-corrected chi connectivity index (χ4v) is 1.86. The first kappa shape index (κ1) is 13.0. The summed E-state index contributed by atoms with van der Waals surface area (Å²) in [5.74, 6) is -1.72. The average Bonchev–Trinajstić information content (AvgIpc) is 2.75. The Morgan fingerprint density at radius 2 is 2.31 bits per heavy atom. The molecule has 1 aliphatic rings. The number of carboxylic acid groups (broad SMARTS) is 1. The lowest BCUT2D eigenvalue weighted by Crippen LogP contribution is -2.32. The minimum absolute atomic E-state index is 0.0233. The number of rotatable bonds is 6. The molecule has 1 amide bonds. The van der Waals surface area contributed by atoms with E-state index >= 15 is 0 Å². The first-order valence-corrected chi connectivity index (χ1v) is 5.72. The largest absolute Gasteiger partial charge is 0.481 e. The van der Waals surface area contributed by atoms with Crippen LogP contribution < -0.4 is 5.32 Å². The van der Waals surface area contributed by atoms with E-state index in [0.717, 1.165) is 12.8 Å². The van der Waals surface area contributed by atoms with Crippen molar-refractivity contribution in [1.29, 1.82) is 0 Å². The third kappa shape index (κ3) is 3.81. The van der Waals surface area contributed by atoms with Crippen LogP contribution in [-0.4, -0.2) is 36.7 Å². The molecule has 1 aliphatic heterocycles. The molecule has 1 heterocycles. The van der Waals surface area contributed by atoms with Gasteiger partial charge in [-0.2, -0.15) is 0 Å². The van der Waals surface area contributed by atoms with Gasteiger partial charge in [0.1, 0.15) is 0 Å². The molecule has 0 spiro atoms. The van der Waals surface area contributed by atoms with Gasteiger partial charge < -0.3 is 15.2 Å². The van der Waals surface area contributed by atoms with Gasteiger partial charge in [0.15, 0.2) is 0 Å². The molecule has 5 heteroatoms. The molecule has 0 aromatic rings. The lowest BCUT2D eigenvalue weighted by molar-refractivity contribution is -0.146. The third-order valence-corrected chi connectivity index (χ3v) is 2.83. The summed E-state index contributed by atoms with van der Waals surface area (Å²) < 4.78 is 5.16. The van der Waals surface area contributed by atoms with Crippen LogP contribution in [0.4, 0.5) is 0 Å². The minimum atomic E-state index is -0.901. The van der Waals surface area contributed by atoms with Gasteiger partial charge in [0.25, 0.3) is 0 Å². The Hall–Kier alpha value is -1.10. The first-order chi connectivity index (χ1) is 7.65. The van der Waals surface area contributed by atoms with E-state index in [2.05, 4.69) is 5.32 Å². The molecule has 0 bridgehead atoms. The molecular formula is C11H19NO4. The maximum absolute atomic E-state index is 11.5. The number of carbonyl (C=O) groups excluding carboxylic acids is 1. The van der Waals surface area contributed by atoms with E-state index in [4.69, 9.17) is 9.84 Å². The van der Waals surface area contributed by atoms with Gasteiger partial charge in [-0.15, -0.1) is 0 Å². The van der Waals surface area contributed by atoms with Crippen LogP contribution in [0.5, 0.6) is 0 Å². The Bertz CT molecular complexity index is 248. The van der Waals surface area contributed by atoms with Crippen molar-refractivity contribution in [2.45, 2.75) is 26.2 Å². The topological polar surface area (TPSA) is 75.6 Å². The highest BCUT2D eigenvalue weighted by Gasteiger charge is 2.32. The first-order valence-electron chi connectivity index (χ1n) is 5.72. The monoisotopic (exact) mass is 229 g/mol. The zero-order valence-corrected chi connectivity index (χ0v) is 9.57. The van der Waals surface area contributed by atoms with Gasteiger partial charge >= 0.3 is 5.97 Å². The molecular weight excluding hydrogens is 210 g/mol. The second-order valence-electron chi connectivity index (χ2n) is 4.12. The summed E-state index contributed by atoms with van der Waals surface area (Å²) in [4.78, 5) is 22.5. The smallest absolute Gasteiger partial charge is 0.307 e. The van der Waals surface area contributed by atoms with Crippen LogP contribution in [0.1, 0.15) is 26.2 Å². The molecule has 0 aliphatic carbocycles. The van der Waals surface area contributed by atoms with E-state index in [0.29, 0.717) is 19.8 Å². The molecule has 1 fully saturated rings. The fourth-order valence-electron chi connectivity index (χ4n) is 1.86. The molecule has 2 atom stereocenters. The zero-order valence-electron chi connectivity index (χ0n) is 9.57. The van der Waals surface area contributed by atoms with Crippen molar-refractivity contribution in [3.05, 3.63) is 0 Å². The number of ether oxygens (including phenoxy) is 1. The van der Waals surface area contributed by atoms with Crippen molar-refractivity contribution >= 4 is 11.9 Å². The van der Waals surface area contributed by atoms with Gasteiger partial charge in [-0.25, -0.2) is 0 Å². The predicted octanol–water partition coefficient (Wildman–Crippen LogP) is 0.640. The Balaban J connectivity index is 2.44. The Labute approximate surface area is 95.2 Å². The maximum atomic E-state index is 11.5. The summed E-state index contributed by atoms with van der Waals surface area (Å²) in [5, 5.41) is 11.8. The summed E-state index contributed by atoms with van der Waals surface area (Å²) in [5.41, 5.74) is 0. The van der Waals surface area contributed by atoms with E-state index in [1.165, 1.54) is 0 Å². The van der Waals surface area contributed by atoms with Crippen LogP contribution in [0, 0.1) is 11.8 Å².